The van der Waals surface area contributed by atoms with E-state index in [0.29, 0.717) is 25.4 Å². The molecule has 0 radical (unpaired) electrons. The lowest BCUT2D eigenvalue weighted by molar-refractivity contribution is -0.119. The SMILES string of the molecule is COCCOCCS(=O)(=O)Nc1ccc2c(c1)N(C(=O)C1CC1)CCC2. The summed E-state index contributed by atoms with van der Waals surface area (Å²) in [6.07, 6.45) is 3.76. The maximum Gasteiger partial charge on any atom is 0.235 e. The minimum Gasteiger partial charge on any atom is -0.382 e. The molecular formula is C18H26N2O5S. The van der Waals surface area contributed by atoms with Crippen molar-refractivity contribution in [3.05, 3.63) is 23.8 Å². The van der Waals surface area contributed by atoms with E-state index in [1.54, 1.807) is 19.2 Å². The number of methoxy groups -OCH3 is 1. The first-order valence-corrected chi connectivity index (χ1v) is 10.7. The average molecular weight is 382 g/mol. The predicted molar refractivity (Wildman–Crippen MR) is 99.9 cm³/mol. The Hall–Kier alpha value is -1.64. The first kappa shape index (κ1) is 19.1. The lowest BCUT2D eigenvalue weighted by atomic mass is 10.0. The van der Waals surface area contributed by atoms with Gasteiger partial charge in [0, 0.05) is 25.3 Å². The van der Waals surface area contributed by atoms with Crippen molar-refractivity contribution < 1.29 is 22.7 Å². The van der Waals surface area contributed by atoms with Gasteiger partial charge in [-0.3, -0.25) is 9.52 Å². The van der Waals surface area contributed by atoms with Crippen LogP contribution >= 0.6 is 0 Å². The lowest BCUT2D eigenvalue weighted by Gasteiger charge is -2.30. The summed E-state index contributed by atoms with van der Waals surface area (Å²) in [5, 5.41) is 0. The van der Waals surface area contributed by atoms with Crippen molar-refractivity contribution in [3.63, 3.8) is 0 Å². The van der Waals surface area contributed by atoms with Crippen molar-refractivity contribution >= 4 is 27.3 Å². The second-order valence-electron chi connectivity index (χ2n) is 6.74. The number of fused-ring (bicyclic) bond motifs is 1. The quantitative estimate of drug-likeness (QED) is 0.658. The minimum absolute atomic E-state index is 0.107. The van der Waals surface area contributed by atoms with Gasteiger partial charge in [0.1, 0.15) is 0 Å². The second-order valence-corrected chi connectivity index (χ2v) is 8.58. The molecule has 0 atom stereocenters. The fourth-order valence-electron chi connectivity index (χ4n) is 3.06. The largest absolute Gasteiger partial charge is 0.382 e. The Balaban J connectivity index is 1.65. The van der Waals surface area contributed by atoms with Crippen molar-refractivity contribution in [1.82, 2.24) is 0 Å². The van der Waals surface area contributed by atoms with Crippen LogP contribution in [-0.2, 0) is 30.7 Å². The molecule has 144 valence electrons. The van der Waals surface area contributed by atoms with Gasteiger partial charge in [-0.15, -0.1) is 0 Å². The molecular weight excluding hydrogens is 356 g/mol. The number of amides is 1. The van der Waals surface area contributed by atoms with Crippen LogP contribution in [0.5, 0.6) is 0 Å². The molecule has 1 saturated carbocycles. The Morgan fingerprint density at radius 3 is 2.81 bits per heavy atom. The van der Waals surface area contributed by atoms with E-state index in [4.69, 9.17) is 9.47 Å². The Morgan fingerprint density at radius 2 is 2.08 bits per heavy atom. The van der Waals surface area contributed by atoms with E-state index in [0.717, 1.165) is 36.9 Å². The molecule has 3 rings (SSSR count). The zero-order chi connectivity index (χ0) is 18.6. The number of nitrogens with one attached hydrogen (secondary N) is 1. The van der Waals surface area contributed by atoms with Gasteiger partial charge >= 0.3 is 0 Å². The summed E-state index contributed by atoms with van der Waals surface area (Å²) in [4.78, 5) is 14.3. The molecule has 1 aliphatic heterocycles. The molecule has 7 nitrogen and oxygen atoms in total. The van der Waals surface area contributed by atoms with Crippen LogP contribution in [-0.4, -0.2) is 53.6 Å². The van der Waals surface area contributed by atoms with Gasteiger partial charge in [-0.1, -0.05) is 6.07 Å². The smallest absolute Gasteiger partial charge is 0.235 e. The molecule has 0 aromatic heterocycles. The van der Waals surface area contributed by atoms with Gasteiger partial charge < -0.3 is 14.4 Å². The average Bonchev–Trinajstić information content (AvgIpc) is 3.45. The number of aryl methyl sites for hydroxylation is 1. The first-order valence-electron chi connectivity index (χ1n) is 9.01. The number of rotatable bonds is 9. The summed E-state index contributed by atoms with van der Waals surface area (Å²) < 4.78 is 37.1. The molecule has 1 heterocycles. The zero-order valence-electron chi connectivity index (χ0n) is 15.1. The van der Waals surface area contributed by atoms with E-state index in [1.807, 2.05) is 11.0 Å². The van der Waals surface area contributed by atoms with Crippen LogP contribution in [0.15, 0.2) is 18.2 Å². The maximum atomic E-state index is 12.5. The molecule has 0 unspecified atom stereocenters. The van der Waals surface area contributed by atoms with Crippen LogP contribution < -0.4 is 9.62 Å². The molecule has 0 spiro atoms. The fourth-order valence-corrected chi connectivity index (χ4v) is 3.99. The standard InChI is InChI=1S/C18H26N2O5S/c1-24-9-10-25-11-12-26(22,23)19-16-7-6-14-3-2-8-20(17(14)13-16)18(21)15-4-5-15/h6-7,13,15,19H,2-5,8-12H2,1H3. The fraction of sp³-hybridized carbons (Fsp3) is 0.611. The number of benzene rings is 1. The molecule has 1 aromatic rings. The van der Waals surface area contributed by atoms with E-state index in [1.165, 1.54) is 0 Å². The van der Waals surface area contributed by atoms with E-state index in [-0.39, 0.29) is 24.2 Å². The number of anilines is 2. The van der Waals surface area contributed by atoms with Crippen LogP contribution in [0.4, 0.5) is 11.4 Å². The second kappa shape index (κ2) is 8.37. The molecule has 0 saturated heterocycles. The maximum absolute atomic E-state index is 12.5. The zero-order valence-corrected chi connectivity index (χ0v) is 15.9. The highest BCUT2D eigenvalue weighted by molar-refractivity contribution is 7.92. The minimum atomic E-state index is -3.51. The van der Waals surface area contributed by atoms with Crippen molar-refractivity contribution in [2.24, 2.45) is 5.92 Å². The van der Waals surface area contributed by atoms with Crippen LogP contribution in [0.25, 0.3) is 0 Å². The van der Waals surface area contributed by atoms with Crippen molar-refractivity contribution in [2.75, 3.05) is 48.9 Å². The third kappa shape index (κ3) is 4.96. The molecule has 1 aromatic carbocycles. The summed E-state index contributed by atoms with van der Waals surface area (Å²) in [7, 11) is -1.94. The van der Waals surface area contributed by atoms with Crippen molar-refractivity contribution in [3.8, 4) is 0 Å². The van der Waals surface area contributed by atoms with Gasteiger partial charge in [0.25, 0.3) is 0 Å². The van der Waals surface area contributed by atoms with E-state index >= 15 is 0 Å². The molecule has 26 heavy (non-hydrogen) atoms. The monoisotopic (exact) mass is 382 g/mol. The highest BCUT2D eigenvalue weighted by Crippen LogP contribution is 2.37. The van der Waals surface area contributed by atoms with Gasteiger partial charge in [0.05, 0.1) is 31.3 Å². The number of hydrogen-bond acceptors (Lipinski definition) is 5. The number of carbonyl (C=O) groups is 1. The molecule has 1 aliphatic carbocycles. The normalized spacial score (nSPS) is 17.0. The van der Waals surface area contributed by atoms with Crippen LogP contribution in [0.3, 0.4) is 0 Å². The lowest BCUT2D eigenvalue weighted by Crippen LogP contribution is -2.36. The molecule has 1 N–H and O–H groups in total. The number of ether oxygens (including phenoxy) is 2. The Bertz CT molecular complexity index is 746. The first-order chi connectivity index (χ1) is 12.5. The van der Waals surface area contributed by atoms with Gasteiger partial charge in [-0.05, 0) is 43.4 Å². The number of hydrogen-bond donors (Lipinski definition) is 1. The third-order valence-corrected chi connectivity index (χ3v) is 5.85. The molecule has 1 amide bonds. The van der Waals surface area contributed by atoms with Gasteiger partial charge in [0.2, 0.25) is 15.9 Å². The summed E-state index contributed by atoms with van der Waals surface area (Å²) >= 11 is 0. The summed E-state index contributed by atoms with van der Waals surface area (Å²) in [6, 6.07) is 5.44. The van der Waals surface area contributed by atoms with E-state index < -0.39 is 10.0 Å². The van der Waals surface area contributed by atoms with Crippen LogP contribution in [0, 0.1) is 5.92 Å². The molecule has 1 fully saturated rings. The summed E-state index contributed by atoms with van der Waals surface area (Å²) in [5.41, 5.74) is 2.41. The Morgan fingerprint density at radius 1 is 1.27 bits per heavy atom. The van der Waals surface area contributed by atoms with E-state index in [9.17, 15) is 13.2 Å². The van der Waals surface area contributed by atoms with Crippen LogP contribution in [0.1, 0.15) is 24.8 Å². The number of nitrogens with zero attached hydrogens (tertiary/aromatic N) is 1. The highest BCUT2D eigenvalue weighted by atomic mass is 32.2. The van der Waals surface area contributed by atoms with Crippen molar-refractivity contribution in [2.45, 2.75) is 25.7 Å². The Labute approximate surface area is 154 Å². The molecule has 8 heteroatoms. The van der Waals surface area contributed by atoms with Gasteiger partial charge in [-0.25, -0.2) is 8.42 Å². The van der Waals surface area contributed by atoms with Gasteiger partial charge in [0.15, 0.2) is 0 Å². The molecule has 0 bridgehead atoms. The summed E-state index contributed by atoms with van der Waals surface area (Å²) in [5.74, 6) is 0.182. The Kier molecular flexibility index (Phi) is 6.16. The topological polar surface area (TPSA) is 84.9 Å². The summed E-state index contributed by atoms with van der Waals surface area (Å²) in [6.45, 7) is 1.61. The highest BCUT2D eigenvalue weighted by Gasteiger charge is 2.35. The van der Waals surface area contributed by atoms with Crippen molar-refractivity contribution in [1.29, 1.82) is 0 Å². The third-order valence-electron chi connectivity index (χ3n) is 4.60. The molecule has 2 aliphatic rings. The van der Waals surface area contributed by atoms with Gasteiger partial charge in [-0.2, -0.15) is 0 Å². The number of sulfonamides is 1. The predicted octanol–water partition coefficient (Wildman–Crippen LogP) is 1.78. The van der Waals surface area contributed by atoms with E-state index in [2.05, 4.69) is 4.72 Å². The number of carbonyl (C=O) groups excluding carboxylic acids is 1. The van der Waals surface area contributed by atoms with Crippen LogP contribution in [0.2, 0.25) is 0 Å².